The zero-order valence-corrected chi connectivity index (χ0v) is 7.32. The largest absolute Gasteiger partial charge is 0.330 e. The summed E-state index contributed by atoms with van der Waals surface area (Å²) in [5.41, 5.74) is 11.5. The minimum absolute atomic E-state index is 0.242. The molecule has 0 aromatic rings. The van der Waals surface area contributed by atoms with E-state index in [1.165, 1.54) is 0 Å². The third-order valence-corrected chi connectivity index (χ3v) is 2.99. The Morgan fingerprint density at radius 1 is 1.42 bits per heavy atom. The maximum absolute atomic E-state index is 5.84. The predicted molar refractivity (Wildman–Crippen MR) is 47.2 cm³/mol. The number of rotatable bonds is 2. The van der Waals surface area contributed by atoms with Crippen molar-refractivity contribution in [3.05, 3.63) is 0 Å². The molecular formula is C8H17N4. The Hall–Kier alpha value is -0.160. The summed E-state index contributed by atoms with van der Waals surface area (Å²) in [6, 6.07) is 0. The first kappa shape index (κ1) is 8.44. The van der Waals surface area contributed by atoms with Crippen LogP contribution in [0.3, 0.4) is 0 Å². The second-order valence-electron chi connectivity index (χ2n) is 3.70. The number of nitrogens with zero attached hydrogens (tertiary/aromatic N) is 2. The van der Waals surface area contributed by atoms with Crippen LogP contribution in [-0.4, -0.2) is 36.9 Å². The van der Waals surface area contributed by atoms with Crippen LogP contribution in [0.1, 0.15) is 12.8 Å². The summed E-state index contributed by atoms with van der Waals surface area (Å²) in [6.45, 7) is 2.82. The summed E-state index contributed by atoms with van der Waals surface area (Å²) < 4.78 is 0. The highest BCUT2D eigenvalue weighted by Crippen LogP contribution is 2.25. The van der Waals surface area contributed by atoms with Gasteiger partial charge in [0.2, 0.25) is 0 Å². The van der Waals surface area contributed by atoms with Crippen molar-refractivity contribution in [3.8, 4) is 0 Å². The van der Waals surface area contributed by atoms with E-state index in [-0.39, 0.29) is 6.17 Å². The fourth-order valence-electron chi connectivity index (χ4n) is 2.04. The molecule has 2 fully saturated rings. The molecule has 2 rings (SSSR count). The molecule has 0 aliphatic carbocycles. The van der Waals surface area contributed by atoms with Crippen molar-refractivity contribution in [1.82, 2.24) is 10.2 Å². The SMILES string of the molecule is NCC1CC[N]C1N1CCC1N. The minimum Gasteiger partial charge on any atom is -0.330 e. The van der Waals surface area contributed by atoms with Crippen LogP contribution in [-0.2, 0) is 0 Å². The monoisotopic (exact) mass is 169 g/mol. The van der Waals surface area contributed by atoms with Crippen LogP contribution in [0.4, 0.5) is 0 Å². The summed E-state index contributed by atoms with van der Waals surface area (Å²) in [6.07, 6.45) is 2.83. The highest BCUT2D eigenvalue weighted by Gasteiger charge is 2.38. The lowest BCUT2D eigenvalue weighted by Gasteiger charge is -2.43. The zero-order chi connectivity index (χ0) is 8.55. The van der Waals surface area contributed by atoms with Gasteiger partial charge < -0.3 is 11.5 Å². The van der Waals surface area contributed by atoms with Gasteiger partial charge in [0.05, 0.1) is 12.3 Å². The van der Waals surface area contributed by atoms with E-state index in [0.29, 0.717) is 12.1 Å². The molecule has 0 amide bonds. The molecule has 2 aliphatic heterocycles. The summed E-state index contributed by atoms with van der Waals surface area (Å²) in [4.78, 5) is 2.27. The molecule has 2 saturated heterocycles. The van der Waals surface area contributed by atoms with Gasteiger partial charge in [0.25, 0.3) is 0 Å². The molecule has 12 heavy (non-hydrogen) atoms. The lowest BCUT2D eigenvalue weighted by Crippen LogP contribution is -2.61. The molecule has 4 N–H and O–H groups in total. The van der Waals surface area contributed by atoms with E-state index < -0.39 is 0 Å². The molecule has 0 spiro atoms. The summed E-state index contributed by atoms with van der Waals surface area (Å²) >= 11 is 0. The molecule has 2 aliphatic rings. The topological polar surface area (TPSA) is 69.4 Å². The van der Waals surface area contributed by atoms with E-state index in [1.54, 1.807) is 0 Å². The van der Waals surface area contributed by atoms with Gasteiger partial charge in [-0.3, -0.25) is 4.90 Å². The molecular weight excluding hydrogens is 152 g/mol. The van der Waals surface area contributed by atoms with Gasteiger partial charge in [-0.1, -0.05) is 0 Å². The average molecular weight is 169 g/mol. The van der Waals surface area contributed by atoms with E-state index in [1.807, 2.05) is 0 Å². The van der Waals surface area contributed by atoms with Crippen molar-refractivity contribution in [2.24, 2.45) is 17.4 Å². The number of likely N-dealkylation sites (tertiary alicyclic amines) is 1. The van der Waals surface area contributed by atoms with Crippen molar-refractivity contribution in [2.75, 3.05) is 19.6 Å². The number of hydrogen-bond acceptors (Lipinski definition) is 3. The quantitative estimate of drug-likeness (QED) is 0.550. The first-order valence-corrected chi connectivity index (χ1v) is 4.71. The van der Waals surface area contributed by atoms with Crippen molar-refractivity contribution >= 4 is 0 Å². The molecule has 4 nitrogen and oxygen atoms in total. The van der Waals surface area contributed by atoms with Gasteiger partial charge in [-0.15, -0.1) is 0 Å². The third kappa shape index (κ3) is 1.25. The van der Waals surface area contributed by atoms with Gasteiger partial charge in [0.1, 0.15) is 0 Å². The van der Waals surface area contributed by atoms with E-state index >= 15 is 0 Å². The Labute approximate surface area is 73.3 Å². The number of hydrogen-bond donors (Lipinski definition) is 2. The molecule has 0 aromatic carbocycles. The van der Waals surface area contributed by atoms with Crippen LogP contribution < -0.4 is 16.8 Å². The second-order valence-corrected chi connectivity index (χ2v) is 3.70. The standard InChI is InChI=1S/C8H17N4/c9-5-6-1-3-11-8(6)12-4-2-7(12)10/h6-8H,1-5,9-10H2. The average Bonchev–Trinajstić information content (AvgIpc) is 2.50. The molecule has 0 bridgehead atoms. The highest BCUT2D eigenvalue weighted by molar-refractivity contribution is 4.90. The summed E-state index contributed by atoms with van der Waals surface area (Å²) in [7, 11) is 0. The van der Waals surface area contributed by atoms with E-state index in [4.69, 9.17) is 11.5 Å². The Kier molecular flexibility index (Phi) is 2.32. The summed E-state index contributed by atoms with van der Waals surface area (Å²) in [5.74, 6) is 0.552. The highest BCUT2D eigenvalue weighted by atomic mass is 15.4. The normalized spacial score (nSPS) is 43.0. The fraction of sp³-hybridized carbons (Fsp3) is 1.00. The van der Waals surface area contributed by atoms with Crippen molar-refractivity contribution in [2.45, 2.75) is 25.2 Å². The molecule has 1 radical (unpaired) electrons. The van der Waals surface area contributed by atoms with Gasteiger partial charge in [-0.2, -0.15) is 0 Å². The first-order chi connectivity index (χ1) is 5.83. The van der Waals surface area contributed by atoms with Gasteiger partial charge in [-0.05, 0) is 19.4 Å². The zero-order valence-electron chi connectivity index (χ0n) is 7.32. The molecule has 3 unspecified atom stereocenters. The van der Waals surface area contributed by atoms with Gasteiger partial charge in [0, 0.05) is 19.0 Å². The first-order valence-electron chi connectivity index (χ1n) is 4.71. The Morgan fingerprint density at radius 3 is 2.75 bits per heavy atom. The van der Waals surface area contributed by atoms with Crippen LogP contribution in [0.5, 0.6) is 0 Å². The van der Waals surface area contributed by atoms with Gasteiger partial charge >= 0.3 is 0 Å². The molecule has 0 aromatic heterocycles. The van der Waals surface area contributed by atoms with Gasteiger partial charge in [0.15, 0.2) is 0 Å². The Balaban J connectivity index is 1.93. The maximum atomic E-state index is 5.84. The van der Waals surface area contributed by atoms with Crippen LogP contribution in [0.2, 0.25) is 0 Å². The summed E-state index contributed by atoms with van der Waals surface area (Å²) in [5, 5.41) is 4.53. The van der Waals surface area contributed by atoms with E-state index in [9.17, 15) is 0 Å². The minimum atomic E-state index is 0.242. The fourth-order valence-corrected chi connectivity index (χ4v) is 2.04. The maximum Gasteiger partial charge on any atom is 0.0814 e. The lowest BCUT2D eigenvalue weighted by atomic mass is 10.0. The molecule has 0 saturated carbocycles. The molecule has 3 atom stereocenters. The van der Waals surface area contributed by atoms with Crippen molar-refractivity contribution in [3.63, 3.8) is 0 Å². The van der Waals surface area contributed by atoms with Crippen molar-refractivity contribution in [1.29, 1.82) is 0 Å². The smallest absolute Gasteiger partial charge is 0.0814 e. The molecule has 4 heteroatoms. The Bertz CT molecular complexity index is 161. The van der Waals surface area contributed by atoms with Crippen LogP contribution in [0.15, 0.2) is 0 Å². The third-order valence-electron chi connectivity index (χ3n) is 2.99. The second kappa shape index (κ2) is 3.30. The van der Waals surface area contributed by atoms with Gasteiger partial charge in [-0.25, -0.2) is 5.32 Å². The van der Waals surface area contributed by atoms with Crippen molar-refractivity contribution < 1.29 is 0 Å². The predicted octanol–water partition coefficient (Wildman–Crippen LogP) is -1.11. The van der Waals surface area contributed by atoms with Crippen LogP contribution >= 0.6 is 0 Å². The number of nitrogens with two attached hydrogens (primary N) is 2. The van der Waals surface area contributed by atoms with E-state index in [0.717, 1.165) is 32.5 Å². The Morgan fingerprint density at radius 2 is 2.25 bits per heavy atom. The van der Waals surface area contributed by atoms with Crippen LogP contribution in [0.25, 0.3) is 0 Å². The lowest BCUT2D eigenvalue weighted by molar-refractivity contribution is 0.0169. The molecule has 69 valence electrons. The van der Waals surface area contributed by atoms with Crippen LogP contribution in [0, 0.1) is 5.92 Å². The molecule has 2 heterocycles. The van der Waals surface area contributed by atoms with E-state index in [2.05, 4.69) is 10.2 Å².